The van der Waals surface area contributed by atoms with Crippen molar-refractivity contribution >= 4 is 40.3 Å². The molecule has 2 amide bonds. The summed E-state index contributed by atoms with van der Waals surface area (Å²) >= 11 is 5.58. The lowest BCUT2D eigenvalue weighted by Gasteiger charge is -2.22. The maximum Gasteiger partial charge on any atom is 0.417 e. The standard InChI is InChI=1S/C22H26ClF3N8O4/c1-33(6-2-5-28-21(37)32-11-3-4-13(23)12(7-11)22(24,25)26)8-14-16(35)17(36)20(38-14)34-10-31-15-18(27)29-9-30-19(15)34/h3-4,7,9-10,14,16-17,20,35-36H,2,5-6,8H2,1H3,(H2,27,29,30)(H2,28,32,37). The number of imidazole rings is 1. The van der Waals surface area contributed by atoms with Crippen LogP contribution in [0.1, 0.15) is 18.2 Å². The average molecular weight is 559 g/mol. The van der Waals surface area contributed by atoms with Gasteiger partial charge in [-0.25, -0.2) is 19.7 Å². The molecule has 12 nitrogen and oxygen atoms in total. The number of hydrogen-bond acceptors (Lipinski definition) is 9. The molecule has 1 saturated heterocycles. The molecule has 0 radical (unpaired) electrons. The fraction of sp³-hybridized carbons (Fsp3) is 0.455. The fourth-order valence-corrected chi connectivity index (χ4v) is 4.34. The van der Waals surface area contributed by atoms with Gasteiger partial charge in [0.2, 0.25) is 0 Å². The maximum absolute atomic E-state index is 13.0. The Bertz CT molecular complexity index is 1290. The molecule has 1 aliphatic heterocycles. The van der Waals surface area contributed by atoms with Gasteiger partial charge in [-0.15, -0.1) is 0 Å². The summed E-state index contributed by atoms with van der Waals surface area (Å²) in [5.74, 6) is 0.180. The summed E-state index contributed by atoms with van der Waals surface area (Å²) in [6.45, 7) is 0.998. The van der Waals surface area contributed by atoms with E-state index in [4.69, 9.17) is 22.1 Å². The lowest BCUT2D eigenvalue weighted by atomic mass is 10.1. The highest BCUT2D eigenvalue weighted by molar-refractivity contribution is 6.31. The number of nitrogens with zero attached hydrogens (tertiary/aromatic N) is 5. The predicted octanol–water partition coefficient (Wildman–Crippen LogP) is 1.84. The van der Waals surface area contributed by atoms with Crippen LogP contribution in [0.2, 0.25) is 5.02 Å². The molecule has 206 valence electrons. The van der Waals surface area contributed by atoms with Crippen molar-refractivity contribution in [2.24, 2.45) is 0 Å². The molecule has 4 rings (SSSR count). The van der Waals surface area contributed by atoms with E-state index < -0.39 is 47.3 Å². The van der Waals surface area contributed by atoms with Crippen molar-refractivity contribution in [3.05, 3.63) is 41.4 Å². The first kappa shape index (κ1) is 27.8. The van der Waals surface area contributed by atoms with Crippen molar-refractivity contribution in [2.45, 2.75) is 37.1 Å². The van der Waals surface area contributed by atoms with Gasteiger partial charge in [0.15, 0.2) is 17.7 Å². The van der Waals surface area contributed by atoms with Crippen LogP contribution in [0, 0.1) is 0 Å². The number of likely N-dealkylation sites (N-methyl/N-ethyl adjacent to an activating group) is 1. The smallest absolute Gasteiger partial charge is 0.387 e. The summed E-state index contributed by atoms with van der Waals surface area (Å²) < 4.78 is 46.3. The number of rotatable bonds is 8. The largest absolute Gasteiger partial charge is 0.417 e. The van der Waals surface area contributed by atoms with Crippen LogP contribution in [0.25, 0.3) is 11.2 Å². The van der Waals surface area contributed by atoms with E-state index in [0.29, 0.717) is 24.1 Å². The van der Waals surface area contributed by atoms with E-state index in [-0.39, 0.29) is 24.6 Å². The van der Waals surface area contributed by atoms with Gasteiger partial charge in [0.1, 0.15) is 30.2 Å². The van der Waals surface area contributed by atoms with E-state index in [1.807, 2.05) is 4.90 Å². The number of nitrogens with one attached hydrogen (secondary N) is 2. The van der Waals surface area contributed by atoms with E-state index in [1.54, 1.807) is 7.05 Å². The summed E-state index contributed by atoms with van der Waals surface area (Å²) in [6, 6.07) is 2.43. The lowest BCUT2D eigenvalue weighted by molar-refractivity contribution is -0.137. The molecule has 1 fully saturated rings. The molecule has 1 aliphatic rings. The molecule has 16 heteroatoms. The van der Waals surface area contributed by atoms with E-state index >= 15 is 0 Å². The number of halogens is 4. The molecule has 38 heavy (non-hydrogen) atoms. The van der Waals surface area contributed by atoms with Gasteiger partial charge in [0.25, 0.3) is 0 Å². The molecular weight excluding hydrogens is 533 g/mol. The summed E-state index contributed by atoms with van der Waals surface area (Å²) in [5.41, 5.74) is 5.43. The van der Waals surface area contributed by atoms with Gasteiger partial charge < -0.3 is 36.2 Å². The minimum Gasteiger partial charge on any atom is -0.387 e. The minimum atomic E-state index is -4.64. The molecule has 0 saturated carbocycles. The van der Waals surface area contributed by atoms with Crippen molar-refractivity contribution < 1.29 is 32.9 Å². The Morgan fingerprint density at radius 3 is 2.76 bits per heavy atom. The summed E-state index contributed by atoms with van der Waals surface area (Å²) in [4.78, 5) is 26.1. The molecule has 2 aromatic heterocycles. The molecule has 3 heterocycles. The fourth-order valence-electron chi connectivity index (χ4n) is 4.11. The monoisotopic (exact) mass is 558 g/mol. The number of ether oxygens (including phenoxy) is 1. The Kier molecular flexibility index (Phi) is 8.22. The van der Waals surface area contributed by atoms with Crippen molar-refractivity contribution in [1.29, 1.82) is 0 Å². The Labute approximate surface area is 219 Å². The molecule has 6 N–H and O–H groups in total. The molecule has 4 atom stereocenters. The number of aromatic nitrogens is 4. The van der Waals surface area contributed by atoms with Crippen molar-refractivity contribution in [3.8, 4) is 0 Å². The molecule has 3 aromatic rings. The van der Waals surface area contributed by atoms with Crippen LogP contribution < -0.4 is 16.4 Å². The Morgan fingerprint density at radius 1 is 1.26 bits per heavy atom. The van der Waals surface area contributed by atoms with Crippen LogP contribution in [0.15, 0.2) is 30.9 Å². The number of hydrogen-bond donors (Lipinski definition) is 5. The van der Waals surface area contributed by atoms with Crippen LogP contribution in [-0.4, -0.2) is 85.7 Å². The minimum absolute atomic E-state index is 0.0448. The number of carbonyl (C=O) groups excluding carboxylic acids is 1. The first-order valence-electron chi connectivity index (χ1n) is 11.5. The highest BCUT2D eigenvalue weighted by atomic mass is 35.5. The highest BCUT2D eigenvalue weighted by Gasteiger charge is 2.44. The number of aliphatic hydroxyl groups excluding tert-OH is 2. The Morgan fingerprint density at radius 2 is 2.03 bits per heavy atom. The van der Waals surface area contributed by atoms with E-state index in [9.17, 15) is 28.2 Å². The topological polar surface area (TPSA) is 164 Å². The molecular formula is C22H26ClF3N8O4. The van der Waals surface area contributed by atoms with Crippen LogP contribution in [0.4, 0.5) is 29.5 Å². The number of benzene rings is 1. The molecule has 1 aromatic carbocycles. The SMILES string of the molecule is CN(CCCNC(=O)Nc1ccc(Cl)c(C(F)(F)F)c1)CC1OC(n2cnc3c(N)ncnc32)C(O)C1O. The molecule has 0 aliphatic carbocycles. The predicted molar refractivity (Wildman–Crippen MR) is 131 cm³/mol. The second kappa shape index (κ2) is 11.2. The summed E-state index contributed by atoms with van der Waals surface area (Å²) in [5, 5.41) is 25.6. The zero-order valence-electron chi connectivity index (χ0n) is 20.1. The maximum atomic E-state index is 13.0. The zero-order valence-corrected chi connectivity index (χ0v) is 20.8. The number of anilines is 2. The number of aliphatic hydroxyl groups is 2. The number of nitrogen functional groups attached to an aromatic ring is 1. The summed E-state index contributed by atoms with van der Waals surface area (Å²) in [7, 11) is 1.78. The zero-order chi connectivity index (χ0) is 27.6. The first-order valence-corrected chi connectivity index (χ1v) is 11.9. The molecule has 4 unspecified atom stereocenters. The third kappa shape index (κ3) is 6.07. The van der Waals surface area contributed by atoms with Crippen molar-refractivity contribution in [1.82, 2.24) is 29.7 Å². The third-order valence-electron chi connectivity index (χ3n) is 6.02. The number of carbonyl (C=O) groups is 1. The number of fused-ring (bicyclic) bond motifs is 1. The summed E-state index contributed by atoms with van der Waals surface area (Å²) in [6.07, 6.45) is -5.54. The van der Waals surface area contributed by atoms with Crippen molar-refractivity contribution in [2.75, 3.05) is 37.7 Å². The van der Waals surface area contributed by atoms with E-state index in [2.05, 4.69) is 25.6 Å². The number of amides is 2. The number of urea groups is 1. The van der Waals surface area contributed by atoms with Crippen LogP contribution in [-0.2, 0) is 10.9 Å². The number of nitrogens with two attached hydrogens (primary N) is 1. The van der Waals surface area contributed by atoms with Gasteiger partial charge in [-0.05, 0) is 38.2 Å². The van der Waals surface area contributed by atoms with Gasteiger partial charge >= 0.3 is 12.2 Å². The van der Waals surface area contributed by atoms with E-state index in [0.717, 1.165) is 12.1 Å². The van der Waals surface area contributed by atoms with Crippen molar-refractivity contribution in [3.63, 3.8) is 0 Å². The second-order valence-electron chi connectivity index (χ2n) is 8.82. The van der Waals surface area contributed by atoms with Gasteiger partial charge in [-0.3, -0.25) is 4.57 Å². The molecule has 0 bridgehead atoms. The first-order chi connectivity index (χ1) is 18.0. The normalized spacial score (nSPS) is 21.8. The Balaban J connectivity index is 1.23. The quantitative estimate of drug-likeness (QED) is 0.259. The highest BCUT2D eigenvalue weighted by Crippen LogP contribution is 2.36. The van der Waals surface area contributed by atoms with Gasteiger partial charge in [0, 0.05) is 18.8 Å². The lowest BCUT2D eigenvalue weighted by Crippen LogP contribution is -2.39. The number of alkyl halides is 3. The third-order valence-corrected chi connectivity index (χ3v) is 6.35. The van der Waals surface area contributed by atoms with Gasteiger partial charge in [-0.1, -0.05) is 11.6 Å². The van der Waals surface area contributed by atoms with Gasteiger partial charge in [0.05, 0.1) is 16.9 Å². The van der Waals surface area contributed by atoms with Gasteiger partial charge in [-0.2, -0.15) is 13.2 Å². The Hall–Kier alpha value is -3.24. The van der Waals surface area contributed by atoms with Crippen LogP contribution in [0.5, 0.6) is 0 Å². The van der Waals surface area contributed by atoms with Crippen LogP contribution in [0.3, 0.4) is 0 Å². The van der Waals surface area contributed by atoms with Crippen LogP contribution >= 0.6 is 11.6 Å². The van der Waals surface area contributed by atoms with E-state index in [1.165, 1.54) is 23.3 Å². The molecule has 0 spiro atoms. The second-order valence-corrected chi connectivity index (χ2v) is 9.23. The average Bonchev–Trinajstić information content (AvgIpc) is 3.40.